The number of H-pyrrole nitrogens is 1. The number of halogens is 4. The van der Waals surface area contributed by atoms with Gasteiger partial charge in [-0.2, -0.15) is 13.2 Å². The first-order valence-electron chi connectivity index (χ1n) is 5.42. The van der Waals surface area contributed by atoms with Crippen molar-refractivity contribution < 1.29 is 18.1 Å². The Kier molecular flexibility index (Phi) is 3.99. The number of nitro groups is 1. The maximum atomic E-state index is 12.5. The summed E-state index contributed by atoms with van der Waals surface area (Å²) in [7, 11) is 0. The second-order valence-electron chi connectivity index (χ2n) is 3.86. The zero-order valence-corrected chi connectivity index (χ0v) is 11.1. The fourth-order valence-electron chi connectivity index (χ4n) is 1.45. The molecule has 0 atom stereocenters. The lowest BCUT2D eigenvalue weighted by atomic mass is 10.3. The molecule has 2 aromatic heterocycles. The fourth-order valence-corrected chi connectivity index (χ4v) is 1.66. The van der Waals surface area contributed by atoms with Crippen LogP contribution >= 0.6 is 11.6 Å². The summed E-state index contributed by atoms with van der Waals surface area (Å²) in [6.07, 6.45) is -3.26. The van der Waals surface area contributed by atoms with Crippen LogP contribution in [0.25, 0.3) is 0 Å². The molecule has 0 amide bonds. The summed E-state index contributed by atoms with van der Waals surface area (Å²) in [4.78, 5) is 30.1. The third-order valence-electron chi connectivity index (χ3n) is 2.42. The number of nitrogens with zero attached hydrogens (tertiary/aromatic N) is 3. The molecule has 0 aromatic carbocycles. The Morgan fingerprint density at radius 3 is 2.55 bits per heavy atom. The average Bonchev–Trinajstić information content (AvgIpc) is 2.39. The standard InChI is InChI=1S/C10H5ClF3N5O3/c11-5-1-4(10(12,13)14)2-15-7(5)18-8-6(19(21)22)9(20)17-3-16-8/h1-3H,(H2,15,16,17,18,20). The molecular weight excluding hydrogens is 331 g/mol. The summed E-state index contributed by atoms with van der Waals surface area (Å²) in [6, 6.07) is 0.593. The van der Waals surface area contributed by atoms with E-state index in [0.717, 1.165) is 6.33 Å². The lowest BCUT2D eigenvalue weighted by Crippen LogP contribution is -2.15. The van der Waals surface area contributed by atoms with Crippen molar-refractivity contribution in [2.75, 3.05) is 5.32 Å². The molecule has 22 heavy (non-hydrogen) atoms. The number of pyridine rings is 1. The molecule has 12 heteroatoms. The molecule has 0 aliphatic carbocycles. The van der Waals surface area contributed by atoms with E-state index in [4.69, 9.17) is 11.6 Å². The molecule has 0 unspecified atom stereocenters. The highest BCUT2D eigenvalue weighted by Gasteiger charge is 2.32. The first-order chi connectivity index (χ1) is 10.2. The Labute approximate surface area is 124 Å². The average molecular weight is 336 g/mol. The van der Waals surface area contributed by atoms with Crippen LogP contribution in [-0.2, 0) is 6.18 Å². The van der Waals surface area contributed by atoms with Gasteiger partial charge in [-0.3, -0.25) is 14.9 Å². The summed E-state index contributed by atoms with van der Waals surface area (Å²) >= 11 is 5.65. The SMILES string of the molecule is O=c1[nH]cnc(Nc2ncc(C(F)(F)F)cc2Cl)c1[N+](=O)[O-]. The van der Waals surface area contributed by atoms with Crippen LogP contribution in [0, 0.1) is 10.1 Å². The third-order valence-corrected chi connectivity index (χ3v) is 2.70. The van der Waals surface area contributed by atoms with E-state index in [2.05, 4.69) is 15.3 Å². The summed E-state index contributed by atoms with van der Waals surface area (Å²) in [6.45, 7) is 0. The van der Waals surface area contributed by atoms with Gasteiger partial charge in [-0.25, -0.2) is 9.97 Å². The molecule has 8 nitrogen and oxygen atoms in total. The van der Waals surface area contributed by atoms with Crippen LogP contribution in [-0.4, -0.2) is 19.9 Å². The molecule has 0 saturated heterocycles. The van der Waals surface area contributed by atoms with Crippen molar-refractivity contribution in [1.29, 1.82) is 0 Å². The molecule has 0 spiro atoms. The van der Waals surface area contributed by atoms with Crippen molar-refractivity contribution in [3.8, 4) is 0 Å². The Hall–Kier alpha value is -2.69. The Morgan fingerprint density at radius 1 is 1.32 bits per heavy atom. The summed E-state index contributed by atoms with van der Waals surface area (Å²) in [5, 5.41) is 12.6. The minimum absolute atomic E-state index is 0.309. The number of aromatic nitrogens is 3. The van der Waals surface area contributed by atoms with Crippen LogP contribution < -0.4 is 10.9 Å². The smallest absolute Gasteiger partial charge is 0.318 e. The van der Waals surface area contributed by atoms with Gasteiger partial charge in [0.15, 0.2) is 5.82 Å². The van der Waals surface area contributed by atoms with Crippen molar-refractivity contribution in [1.82, 2.24) is 15.0 Å². The minimum Gasteiger partial charge on any atom is -0.318 e. The van der Waals surface area contributed by atoms with Crippen molar-refractivity contribution in [2.24, 2.45) is 0 Å². The molecule has 2 heterocycles. The Bertz CT molecular complexity index is 792. The number of hydrogen-bond donors (Lipinski definition) is 2. The maximum absolute atomic E-state index is 12.5. The number of anilines is 2. The van der Waals surface area contributed by atoms with Crippen LogP contribution in [0.4, 0.5) is 30.5 Å². The highest BCUT2D eigenvalue weighted by atomic mass is 35.5. The molecule has 0 saturated carbocycles. The Balaban J connectivity index is 2.43. The highest BCUT2D eigenvalue weighted by molar-refractivity contribution is 6.33. The number of rotatable bonds is 3. The van der Waals surface area contributed by atoms with Crippen LogP contribution in [0.3, 0.4) is 0 Å². The van der Waals surface area contributed by atoms with Crippen molar-refractivity contribution in [2.45, 2.75) is 6.18 Å². The molecule has 2 aromatic rings. The molecule has 0 bridgehead atoms. The van der Waals surface area contributed by atoms with Crippen LogP contribution in [0.2, 0.25) is 5.02 Å². The second-order valence-corrected chi connectivity index (χ2v) is 4.27. The summed E-state index contributed by atoms with van der Waals surface area (Å²) < 4.78 is 37.4. The lowest BCUT2D eigenvalue weighted by Gasteiger charge is -2.10. The molecule has 0 fully saturated rings. The predicted molar refractivity (Wildman–Crippen MR) is 69.0 cm³/mol. The van der Waals surface area contributed by atoms with Gasteiger partial charge in [0.05, 0.1) is 21.8 Å². The number of alkyl halides is 3. The van der Waals surface area contributed by atoms with Gasteiger partial charge >= 0.3 is 17.4 Å². The lowest BCUT2D eigenvalue weighted by molar-refractivity contribution is -0.385. The molecule has 0 aliphatic rings. The van der Waals surface area contributed by atoms with Crippen molar-refractivity contribution in [3.63, 3.8) is 0 Å². The fraction of sp³-hybridized carbons (Fsp3) is 0.100. The van der Waals surface area contributed by atoms with E-state index in [1.165, 1.54) is 0 Å². The molecule has 0 radical (unpaired) electrons. The van der Waals surface area contributed by atoms with E-state index in [9.17, 15) is 28.1 Å². The maximum Gasteiger partial charge on any atom is 0.417 e. The van der Waals surface area contributed by atoms with Gasteiger partial charge in [0.1, 0.15) is 0 Å². The van der Waals surface area contributed by atoms with Crippen molar-refractivity contribution >= 4 is 28.9 Å². The van der Waals surface area contributed by atoms with E-state index in [1.807, 2.05) is 4.98 Å². The van der Waals surface area contributed by atoms with Gasteiger partial charge in [-0.1, -0.05) is 11.6 Å². The van der Waals surface area contributed by atoms with Gasteiger partial charge < -0.3 is 10.3 Å². The van der Waals surface area contributed by atoms with E-state index in [1.54, 1.807) is 0 Å². The number of nitrogens with one attached hydrogen (secondary N) is 2. The van der Waals surface area contributed by atoms with Gasteiger partial charge in [0.25, 0.3) is 0 Å². The van der Waals surface area contributed by atoms with Crippen molar-refractivity contribution in [3.05, 3.63) is 49.6 Å². The van der Waals surface area contributed by atoms with E-state index < -0.39 is 38.8 Å². The quantitative estimate of drug-likeness (QED) is 0.658. The van der Waals surface area contributed by atoms with Gasteiger partial charge in [-0.15, -0.1) is 0 Å². The molecule has 0 aliphatic heterocycles. The van der Waals surface area contributed by atoms with Crippen LogP contribution in [0.15, 0.2) is 23.4 Å². The highest BCUT2D eigenvalue weighted by Crippen LogP contribution is 2.33. The molecule has 2 N–H and O–H groups in total. The third kappa shape index (κ3) is 3.14. The van der Waals surface area contributed by atoms with Gasteiger partial charge in [0.2, 0.25) is 5.82 Å². The molecular formula is C10H5ClF3N5O3. The van der Waals surface area contributed by atoms with Gasteiger partial charge in [-0.05, 0) is 6.07 Å². The van der Waals surface area contributed by atoms with E-state index in [-0.39, 0.29) is 5.82 Å². The van der Waals surface area contributed by atoms with Crippen LogP contribution in [0.5, 0.6) is 0 Å². The normalized spacial score (nSPS) is 11.3. The minimum atomic E-state index is -4.64. The zero-order valence-electron chi connectivity index (χ0n) is 10.3. The first-order valence-corrected chi connectivity index (χ1v) is 5.80. The van der Waals surface area contributed by atoms with Crippen LogP contribution in [0.1, 0.15) is 5.56 Å². The topological polar surface area (TPSA) is 114 Å². The monoisotopic (exact) mass is 335 g/mol. The van der Waals surface area contributed by atoms with Gasteiger partial charge in [0, 0.05) is 6.20 Å². The molecule has 2 rings (SSSR count). The Morgan fingerprint density at radius 2 is 2.00 bits per heavy atom. The predicted octanol–water partition coefficient (Wildman–Crippen LogP) is 2.49. The number of hydrogen-bond acceptors (Lipinski definition) is 6. The first kappa shape index (κ1) is 15.7. The number of aromatic amines is 1. The second kappa shape index (κ2) is 5.60. The summed E-state index contributed by atoms with van der Waals surface area (Å²) in [5.41, 5.74) is -3.04. The summed E-state index contributed by atoms with van der Waals surface area (Å²) in [5.74, 6) is -0.807. The zero-order chi connectivity index (χ0) is 16.5. The molecule has 116 valence electrons. The largest absolute Gasteiger partial charge is 0.417 e. The van der Waals surface area contributed by atoms with E-state index in [0.29, 0.717) is 12.3 Å². The van der Waals surface area contributed by atoms with E-state index >= 15 is 0 Å².